The van der Waals surface area contributed by atoms with Gasteiger partial charge in [0.25, 0.3) is 0 Å². The van der Waals surface area contributed by atoms with E-state index in [1.165, 1.54) is 0 Å². The fourth-order valence-corrected chi connectivity index (χ4v) is 2.06. The Hall–Kier alpha value is -1.31. The van der Waals surface area contributed by atoms with Crippen molar-refractivity contribution in [3.8, 4) is 0 Å². The highest BCUT2D eigenvalue weighted by Gasteiger charge is 2.07. The van der Waals surface area contributed by atoms with Gasteiger partial charge in [-0.05, 0) is 36.2 Å². The van der Waals surface area contributed by atoms with Gasteiger partial charge in [-0.15, -0.1) is 0 Å². The molecule has 0 amide bonds. The highest BCUT2D eigenvalue weighted by molar-refractivity contribution is 6.42. The maximum atomic E-state index is 6.07. The molecule has 1 aromatic heterocycles. The van der Waals surface area contributed by atoms with E-state index in [-0.39, 0.29) is 0 Å². The summed E-state index contributed by atoms with van der Waals surface area (Å²) in [6.07, 6.45) is 4.87. The number of rotatable bonds is 3. The van der Waals surface area contributed by atoms with E-state index >= 15 is 0 Å². The van der Waals surface area contributed by atoms with Gasteiger partial charge >= 0.3 is 0 Å². The van der Waals surface area contributed by atoms with Crippen molar-refractivity contribution in [3.63, 3.8) is 0 Å². The molecule has 0 aliphatic carbocycles. The fourth-order valence-electron chi connectivity index (χ4n) is 1.76. The van der Waals surface area contributed by atoms with Crippen LogP contribution in [0.3, 0.4) is 0 Å². The van der Waals surface area contributed by atoms with Gasteiger partial charge in [0, 0.05) is 11.8 Å². The standard InChI is InChI=1S/C15H13Cl2N/c1-2-5-12(15-6-3-4-9-18-15)11-7-8-13(16)14(17)10-11/h3-10H,2H2,1H3/b12-5-. The van der Waals surface area contributed by atoms with Gasteiger partial charge in [0.15, 0.2) is 0 Å². The number of hydrogen-bond acceptors (Lipinski definition) is 1. The summed E-state index contributed by atoms with van der Waals surface area (Å²) >= 11 is 12.0. The van der Waals surface area contributed by atoms with Crippen molar-refractivity contribution in [2.45, 2.75) is 13.3 Å². The molecule has 0 fully saturated rings. The molecule has 1 nitrogen and oxygen atoms in total. The number of hydrogen-bond donors (Lipinski definition) is 0. The van der Waals surface area contributed by atoms with E-state index in [0.29, 0.717) is 10.0 Å². The minimum Gasteiger partial charge on any atom is -0.256 e. The molecule has 0 aliphatic rings. The molecule has 0 radical (unpaired) electrons. The van der Waals surface area contributed by atoms with Crippen LogP contribution in [0.25, 0.3) is 5.57 Å². The van der Waals surface area contributed by atoms with Gasteiger partial charge in [0.1, 0.15) is 0 Å². The fraction of sp³-hybridized carbons (Fsp3) is 0.133. The molecule has 2 rings (SSSR count). The Morgan fingerprint density at radius 1 is 1.17 bits per heavy atom. The van der Waals surface area contributed by atoms with E-state index in [9.17, 15) is 0 Å². The average molecular weight is 278 g/mol. The van der Waals surface area contributed by atoms with Crippen molar-refractivity contribution in [2.24, 2.45) is 0 Å². The van der Waals surface area contributed by atoms with Gasteiger partial charge in [0.2, 0.25) is 0 Å². The first-order valence-electron chi connectivity index (χ1n) is 5.79. The Morgan fingerprint density at radius 3 is 2.61 bits per heavy atom. The molecule has 0 spiro atoms. The first kappa shape index (κ1) is 13.1. The second-order valence-electron chi connectivity index (χ2n) is 3.87. The summed E-state index contributed by atoms with van der Waals surface area (Å²) in [6.45, 7) is 2.10. The van der Waals surface area contributed by atoms with Crippen molar-refractivity contribution in [1.29, 1.82) is 0 Å². The summed E-state index contributed by atoms with van der Waals surface area (Å²) in [5.41, 5.74) is 3.05. The molecule has 1 aromatic carbocycles. The normalized spacial score (nSPS) is 11.6. The van der Waals surface area contributed by atoms with Crippen molar-refractivity contribution in [1.82, 2.24) is 4.98 Å². The smallest absolute Gasteiger partial charge is 0.0704 e. The highest BCUT2D eigenvalue weighted by Crippen LogP contribution is 2.29. The predicted molar refractivity (Wildman–Crippen MR) is 78.1 cm³/mol. The number of aromatic nitrogens is 1. The molecule has 0 saturated carbocycles. The van der Waals surface area contributed by atoms with E-state index in [2.05, 4.69) is 18.0 Å². The van der Waals surface area contributed by atoms with Crippen LogP contribution in [-0.4, -0.2) is 4.98 Å². The highest BCUT2D eigenvalue weighted by atomic mass is 35.5. The zero-order valence-corrected chi connectivity index (χ0v) is 11.5. The Morgan fingerprint density at radius 2 is 2.00 bits per heavy atom. The summed E-state index contributed by atoms with van der Waals surface area (Å²) < 4.78 is 0. The second-order valence-corrected chi connectivity index (χ2v) is 4.68. The van der Waals surface area contributed by atoms with Crippen LogP contribution in [0.15, 0.2) is 48.7 Å². The monoisotopic (exact) mass is 277 g/mol. The summed E-state index contributed by atoms with van der Waals surface area (Å²) in [5.74, 6) is 0. The molecule has 0 aliphatic heterocycles. The number of pyridine rings is 1. The Labute approximate surface area is 117 Å². The number of benzene rings is 1. The lowest BCUT2D eigenvalue weighted by atomic mass is 10.0. The third kappa shape index (κ3) is 2.92. The minimum absolute atomic E-state index is 0.562. The van der Waals surface area contributed by atoms with Crippen LogP contribution < -0.4 is 0 Å². The number of allylic oxidation sites excluding steroid dienone is 1. The maximum Gasteiger partial charge on any atom is 0.0704 e. The Balaban J connectivity index is 2.49. The van der Waals surface area contributed by atoms with Gasteiger partial charge in [-0.1, -0.05) is 48.3 Å². The largest absolute Gasteiger partial charge is 0.256 e. The third-order valence-electron chi connectivity index (χ3n) is 2.58. The minimum atomic E-state index is 0.562. The van der Waals surface area contributed by atoms with Gasteiger partial charge in [-0.25, -0.2) is 0 Å². The zero-order valence-electron chi connectivity index (χ0n) is 10.0. The van der Waals surface area contributed by atoms with Crippen molar-refractivity contribution >= 4 is 28.8 Å². The molecule has 0 saturated heterocycles. The second kappa shape index (κ2) is 6.03. The lowest BCUT2D eigenvalue weighted by Crippen LogP contribution is -1.91. The SMILES string of the molecule is CC/C=C(/c1ccc(Cl)c(Cl)c1)c1ccccn1. The lowest BCUT2D eigenvalue weighted by Gasteiger charge is -2.08. The molecule has 1 heterocycles. The summed E-state index contributed by atoms with van der Waals surface area (Å²) in [6, 6.07) is 11.5. The first-order valence-corrected chi connectivity index (χ1v) is 6.55. The maximum absolute atomic E-state index is 6.07. The molecule has 0 unspecified atom stereocenters. The quantitative estimate of drug-likeness (QED) is 0.749. The summed E-state index contributed by atoms with van der Waals surface area (Å²) in [4.78, 5) is 4.38. The van der Waals surface area contributed by atoms with E-state index in [4.69, 9.17) is 23.2 Å². The first-order chi connectivity index (χ1) is 8.72. The average Bonchev–Trinajstić information content (AvgIpc) is 2.40. The molecule has 2 aromatic rings. The van der Waals surface area contributed by atoms with Crippen LogP contribution in [0.1, 0.15) is 24.6 Å². The summed E-state index contributed by atoms with van der Waals surface area (Å²) in [5, 5.41) is 1.13. The van der Waals surface area contributed by atoms with Crippen LogP contribution >= 0.6 is 23.2 Å². The summed E-state index contributed by atoms with van der Waals surface area (Å²) in [7, 11) is 0. The van der Waals surface area contributed by atoms with E-state index in [0.717, 1.165) is 23.3 Å². The van der Waals surface area contributed by atoms with Crippen molar-refractivity contribution in [2.75, 3.05) is 0 Å². The van der Waals surface area contributed by atoms with Gasteiger partial charge in [-0.2, -0.15) is 0 Å². The molecule has 3 heteroatoms. The number of halogens is 2. The van der Waals surface area contributed by atoms with E-state index < -0.39 is 0 Å². The van der Waals surface area contributed by atoms with E-state index in [1.807, 2.05) is 36.4 Å². The van der Waals surface area contributed by atoms with Crippen LogP contribution in [-0.2, 0) is 0 Å². The molecule has 18 heavy (non-hydrogen) atoms. The molecule has 92 valence electrons. The third-order valence-corrected chi connectivity index (χ3v) is 3.32. The van der Waals surface area contributed by atoms with Gasteiger partial charge < -0.3 is 0 Å². The Bertz CT molecular complexity index is 562. The van der Waals surface area contributed by atoms with Crippen LogP contribution in [0.2, 0.25) is 10.0 Å². The molecular formula is C15H13Cl2N. The number of nitrogens with zero attached hydrogens (tertiary/aromatic N) is 1. The molecule has 0 bridgehead atoms. The van der Waals surface area contributed by atoms with Crippen LogP contribution in [0, 0.1) is 0 Å². The predicted octanol–water partition coefficient (Wildman–Crippen LogP) is 5.23. The van der Waals surface area contributed by atoms with Crippen molar-refractivity contribution in [3.05, 3.63) is 70.0 Å². The van der Waals surface area contributed by atoms with Crippen LogP contribution in [0.5, 0.6) is 0 Å². The molecular weight excluding hydrogens is 265 g/mol. The van der Waals surface area contributed by atoms with Gasteiger partial charge in [-0.3, -0.25) is 4.98 Å². The van der Waals surface area contributed by atoms with Crippen molar-refractivity contribution < 1.29 is 0 Å². The zero-order chi connectivity index (χ0) is 13.0. The van der Waals surface area contributed by atoms with E-state index in [1.54, 1.807) is 6.20 Å². The molecule has 0 atom stereocenters. The molecule has 0 N–H and O–H groups in total. The van der Waals surface area contributed by atoms with Crippen LogP contribution in [0.4, 0.5) is 0 Å². The topological polar surface area (TPSA) is 12.9 Å². The Kier molecular flexibility index (Phi) is 4.40. The lowest BCUT2D eigenvalue weighted by molar-refractivity contribution is 1.20. The van der Waals surface area contributed by atoms with Gasteiger partial charge in [0.05, 0.1) is 15.7 Å².